The smallest absolute Gasteiger partial charge is 0.131 e. The molecule has 1 aromatic heterocycles. The zero-order valence-electron chi connectivity index (χ0n) is 11.1. The normalized spacial score (nSPS) is 10.9. The molecule has 0 atom stereocenters. The molecule has 2 rings (SSSR count). The molecule has 0 unspecified atom stereocenters. The summed E-state index contributed by atoms with van der Waals surface area (Å²) < 4.78 is 18.7. The minimum absolute atomic E-state index is 0.201. The van der Waals surface area contributed by atoms with Crippen molar-refractivity contribution in [3.05, 3.63) is 40.8 Å². The third kappa shape index (κ3) is 3.59. The third-order valence-corrected chi connectivity index (χ3v) is 3.91. The summed E-state index contributed by atoms with van der Waals surface area (Å²) in [5.74, 6) is -0.201. The Morgan fingerprint density at radius 2 is 2.16 bits per heavy atom. The van der Waals surface area contributed by atoms with Crippen LogP contribution in [0.15, 0.2) is 24.3 Å². The molecule has 1 aromatic carbocycles. The van der Waals surface area contributed by atoms with E-state index < -0.39 is 0 Å². The van der Waals surface area contributed by atoms with Crippen molar-refractivity contribution < 1.29 is 9.13 Å². The summed E-state index contributed by atoms with van der Waals surface area (Å²) in [6.07, 6.45) is 0. The van der Waals surface area contributed by atoms with Crippen molar-refractivity contribution in [3.8, 4) is 10.4 Å². The van der Waals surface area contributed by atoms with Gasteiger partial charge in [0.25, 0.3) is 0 Å². The van der Waals surface area contributed by atoms with Gasteiger partial charge in [0.2, 0.25) is 0 Å². The average molecular weight is 280 g/mol. The number of aryl methyl sites for hydroxylation is 1. The first kappa shape index (κ1) is 14.1. The summed E-state index contributed by atoms with van der Waals surface area (Å²) in [5, 5.41) is 4.20. The molecule has 2 aromatic rings. The number of methoxy groups -OCH3 is 1. The van der Waals surface area contributed by atoms with Crippen LogP contribution in [0.2, 0.25) is 0 Å². The molecule has 0 saturated carbocycles. The van der Waals surface area contributed by atoms with E-state index in [0.717, 1.165) is 22.1 Å². The van der Waals surface area contributed by atoms with Crippen molar-refractivity contribution in [2.45, 2.75) is 13.5 Å². The van der Waals surface area contributed by atoms with Gasteiger partial charge in [-0.05, 0) is 13.0 Å². The van der Waals surface area contributed by atoms with Gasteiger partial charge in [-0.1, -0.05) is 18.2 Å². The lowest BCUT2D eigenvalue weighted by Crippen LogP contribution is -2.18. The molecule has 0 bridgehead atoms. The lowest BCUT2D eigenvalue weighted by Gasteiger charge is -2.00. The van der Waals surface area contributed by atoms with Gasteiger partial charge < -0.3 is 10.1 Å². The maximum absolute atomic E-state index is 13.8. The van der Waals surface area contributed by atoms with E-state index in [1.165, 1.54) is 17.4 Å². The number of nitrogens with zero attached hydrogens (tertiary/aromatic N) is 1. The Bertz CT molecular complexity index is 542. The Hall–Kier alpha value is -1.30. The second-order valence-corrected chi connectivity index (χ2v) is 5.26. The van der Waals surface area contributed by atoms with E-state index in [1.807, 2.05) is 13.0 Å². The van der Waals surface area contributed by atoms with Crippen LogP contribution in [0.4, 0.5) is 4.39 Å². The van der Waals surface area contributed by atoms with Crippen LogP contribution in [0.3, 0.4) is 0 Å². The number of ether oxygens (including phenoxy) is 1. The molecule has 0 aliphatic carbocycles. The Balaban J connectivity index is 2.11. The fourth-order valence-electron chi connectivity index (χ4n) is 1.79. The fourth-order valence-corrected chi connectivity index (χ4v) is 2.85. The van der Waals surface area contributed by atoms with Crippen LogP contribution in [-0.2, 0) is 11.3 Å². The highest BCUT2D eigenvalue weighted by molar-refractivity contribution is 7.15. The Kier molecular flexibility index (Phi) is 5.01. The highest BCUT2D eigenvalue weighted by atomic mass is 32.1. The number of hydrogen-bond donors (Lipinski definition) is 1. The van der Waals surface area contributed by atoms with Crippen LogP contribution in [-0.4, -0.2) is 25.2 Å². The van der Waals surface area contributed by atoms with Gasteiger partial charge in [0.1, 0.15) is 10.8 Å². The molecule has 19 heavy (non-hydrogen) atoms. The molecule has 1 heterocycles. The first-order chi connectivity index (χ1) is 9.22. The van der Waals surface area contributed by atoms with Gasteiger partial charge in [0.15, 0.2) is 0 Å². The standard InChI is InChI=1S/C14H17FN2OS/c1-10-14(11-5-3-4-6-12(11)15)19-13(17-10)9-16-7-8-18-2/h3-6,16H,7-9H2,1-2H3. The number of thiazole rings is 1. The van der Waals surface area contributed by atoms with Gasteiger partial charge in [-0.25, -0.2) is 9.37 Å². The molecule has 0 aliphatic heterocycles. The van der Waals surface area contributed by atoms with Gasteiger partial charge >= 0.3 is 0 Å². The molecule has 0 spiro atoms. The average Bonchev–Trinajstić information content (AvgIpc) is 2.76. The number of hydrogen-bond acceptors (Lipinski definition) is 4. The first-order valence-corrected chi connectivity index (χ1v) is 6.95. The Morgan fingerprint density at radius 1 is 1.37 bits per heavy atom. The van der Waals surface area contributed by atoms with Gasteiger partial charge in [-0.15, -0.1) is 11.3 Å². The van der Waals surface area contributed by atoms with Crippen molar-refractivity contribution >= 4 is 11.3 Å². The van der Waals surface area contributed by atoms with E-state index in [9.17, 15) is 4.39 Å². The van der Waals surface area contributed by atoms with E-state index >= 15 is 0 Å². The van der Waals surface area contributed by atoms with Gasteiger partial charge in [0, 0.05) is 25.8 Å². The number of nitrogens with one attached hydrogen (secondary N) is 1. The molecule has 1 N–H and O–H groups in total. The number of aromatic nitrogens is 1. The fraction of sp³-hybridized carbons (Fsp3) is 0.357. The lowest BCUT2D eigenvalue weighted by molar-refractivity contribution is 0.199. The predicted octanol–water partition coefficient (Wildman–Crippen LogP) is 2.99. The molecule has 5 heteroatoms. The van der Waals surface area contributed by atoms with E-state index in [2.05, 4.69) is 10.3 Å². The monoisotopic (exact) mass is 280 g/mol. The zero-order valence-corrected chi connectivity index (χ0v) is 11.9. The van der Waals surface area contributed by atoms with E-state index in [1.54, 1.807) is 19.2 Å². The summed E-state index contributed by atoms with van der Waals surface area (Å²) in [6, 6.07) is 6.81. The van der Waals surface area contributed by atoms with Crippen molar-refractivity contribution in [1.82, 2.24) is 10.3 Å². The van der Waals surface area contributed by atoms with Crippen LogP contribution in [0.5, 0.6) is 0 Å². The van der Waals surface area contributed by atoms with E-state index in [4.69, 9.17) is 4.74 Å². The molecule has 0 fully saturated rings. The van der Waals surface area contributed by atoms with Crippen LogP contribution >= 0.6 is 11.3 Å². The number of halogens is 1. The molecule has 102 valence electrons. The highest BCUT2D eigenvalue weighted by Crippen LogP contribution is 2.31. The maximum Gasteiger partial charge on any atom is 0.131 e. The lowest BCUT2D eigenvalue weighted by atomic mass is 10.1. The molecule has 0 aliphatic rings. The predicted molar refractivity (Wildman–Crippen MR) is 75.8 cm³/mol. The van der Waals surface area contributed by atoms with Crippen LogP contribution < -0.4 is 5.32 Å². The topological polar surface area (TPSA) is 34.1 Å². The third-order valence-electron chi connectivity index (χ3n) is 2.72. The SMILES string of the molecule is COCCNCc1nc(C)c(-c2ccccc2F)s1. The van der Waals surface area contributed by atoms with Crippen molar-refractivity contribution in [1.29, 1.82) is 0 Å². The van der Waals surface area contributed by atoms with Crippen LogP contribution in [0.25, 0.3) is 10.4 Å². The van der Waals surface area contributed by atoms with Crippen molar-refractivity contribution in [2.75, 3.05) is 20.3 Å². The Labute approximate surface area is 116 Å². The molecule has 0 saturated heterocycles. The van der Waals surface area contributed by atoms with Gasteiger partial charge in [0.05, 0.1) is 17.2 Å². The number of rotatable bonds is 6. The molecule has 0 amide bonds. The summed E-state index contributed by atoms with van der Waals surface area (Å²) in [6.45, 7) is 4.05. The summed E-state index contributed by atoms with van der Waals surface area (Å²) in [5.41, 5.74) is 1.50. The number of benzene rings is 1. The minimum atomic E-state index is -0.201. The van der Waals surface area contributed by atoms with Crippen molar-refractivity contribution in [2.24, 2.45) is 0 Å². The molecule has 3 nitrogen and oxygen atoms in total. The molecule has 0 radical (unpaired) electrons. The van der Waals surface area contributed by atoms with E-state index in [-0.39, 0.29) is 5.82 Å². The van der Waals surface area contributed by atoms with Gasteiger partial charge in [-0.3, -0.25) is 0 Å². The maximum atomic E-state index is 13.8. The second kappa shape index (κ2) is 6.75. The second-order valence-electron chi connectivity index (χ2n) is 4.17. The van der Waals surface area contributed by atoms with Crippen LogP contribution in [0.1, 0.15) is 10.7 Å². The summed E-state index contributed by atoms with van der Waals surface area (Å²) >= 11 is 1.53. The summed E-state index contributed by atoms with van der Waals surface area (Å²) in [4.78, 5) is 5.38. The quantitative estimate of drug-likeness (QED) is 0.826. The zero-order chi connectivity index (χ0) is 13.7. The van der Waals surface area contributed by atoms with E-state index in [0.29, 0.717) is 18.7 Å². The Morgan fingerprint density at radius 3 is 2.89 bits per heavy atom. The van der Waals surface area contributed by atoms with Crippen molar-refractivity contribution in [3.63, 3.8) is 0 Å². The molecular weight excluding hydrogens is 263 g/mol. The minimum Gasteiger partial charge on any atom is -0.383 e. The largest absolute Gasteiger partial charge is 0.383 e. The summed E-state index contributed by atoms with van der Waals surface area (Å²) in [7, 11) is 1.67. The van der Waals surface area contributed by atoms with Crippen LogP contribution in [0, 0.1) is 12.7 Å². The molecular formula is C14H17FN2OS. The van der Waals surface area contributed by atoms with Gasteiger partial charge in [-0.2, -0.15) is 0 Å². The highest BCUT2D eigenvalue weighted by Gasteiger charge is 2.12. The first-order valence-electron chi connectivity index (χ1n) is 6.13.